The van der Waals surface area contributed by atoms with E-state index in [1.807, 2.05) is 4.90 Å². The SMILES string of the molecule is O=C(C1CC1)N1CCCN(S(=O)(=O)c2ccc3c(c2)CCCO3)CC1. The Morgan fingerprint density at radius 1 is 1.08 bits per heavy atom. The Balaban J connectivity index is 1.51. The monoisotopic (exact) mass is 364 g/mol. The van der Waals surface area contributed by atoms with Crippen LogP contribution in [0.3, 0.4) is 0 Å². The van der Waals surface area contributed by atoms with Gasteiger partial charge < -0.3 is 9.64 Å². The fraction of sp³-hybridized carbons (Fsp3) is 0.611. The number of carbonyl (C=O) groups excluding carboxylic acids is 1. The van der Waals surface area contributed by atoms with Gasteiger partial charge in [0, 0.05) is 32.1 Å². The molecule has 2 heterocycles. The molecule has 2 aliphatic heterocycles. The lowest BCUT2D eigenvalue weighted by molar-refractivity contribution is -0.132. The van der Waals surface area contributed by atoms with Crippen LogP contribution in [0, 0.1) is 5.92 Å². The Kier molecular flexibility index (Phi) is 4.45. The third-order valence-electron chi connectivity index (χ3n) is 5.21. The molecule has 0 aromatic heterocycles. The number of hydrogen-bond donors (Lipinski definition) is 0. The Bertz CT molecular complexity index is 773. The van der Waals surface area contributed by atoms with Gasteiger partial charge in [-0.2, -0.15) is 4.31 Å². The van der Waals surface area contributed by atoms with Crippen LogP contribution in [0.25, 0.3) is 0 Å². The van der Waals surface area contributed by atoms with Crippen molar-refractivity contribution >= 4 is 15.9 Å². The van der Waals surface area contributed by atoms with Crippen LogP contribution in [0.4, 0.5) is 0 Å². The minimum absolute atomic E-state index is 0.184. The molecular weight excluding hydrogens is 340 g/mol. The first-order valence-electron chi connectivity index (χ1n) is 9.10. The number of amides is 1. The summed E-state index contributed by atoms with van der Waals surface area (Å²) in [5, 5.41) is 0. The van der Waals surface area contributed by atoms with Gasteiger partial charge in [-0.25, -0.2) is 8.42 Å². The molecule has 1 amide bonds. The lowest BCUT2D eigenvalue weighted by Crippen LogP contribution is -2.38. The average molecular weight is 364 g/mol. The van der Waals surface area contributed by atoms with E-state index in [9.17, 15) is 13.2 Å². The van der Waals surface area contributed by atoms with Crippen molar-refractivity contribution in [2.24, 2.45) is 5.92 Å². The molecule has 0 radical (unpaired) electrons. The van der Waals surface area contributed by atoms with Crippen LogP contribution < -0.4 is 4.74 Å². The highest BCUT2D eigenvalue weighted by atomic mass is 32.2. The number of ether oxygens (including phenoxy) is 1. The van der Waals surface area contributed by atoms with Gasteiger partial charge in [-0.1, -0.05) is 0 Å². The van der Waals surface area contributed by atoms with E-state index < -0.39 is 10.0 Å². The van der Waals surface area contributed by atoms with Crippen molar-refractivity contribution in [2.75, 3.05) is 32.8 Å². The topological polar surface area (TPSA) is 66.9 Å². The molecular formula is C18H24N2O4S. The lowest BCUT2D eigenvalue weighted by Gasteiger charge is -2.23. The maximum absolute atomic E-state index is 13.0. The number of benzene rings is 1. The number of sulfonamides is 1. The van der Waals surface area contributed by atoms with Gasteiger partial charge in [0.2, 0.25) is 15.9 Å². The van der Waals surface area contributed by atoms with E-state index in [0.29, 0.717) is 44.1 Å². The molecule has 1 aliphatic carbocycles. The Morgan fingerprint density at radius 2 is 1.92 bits per heavy atom. The molecule has 1 saturated heterocycles. The van der Waals surface area contributed by atoms with Gasteiger partial charge in [-0.15, -0.1) is 0 Å². The molecule has 25 heavy (non-hydrogen) atoms. The summed E-state index contributed by atoms with van der Waals surface area (Å²) in [7, 11) is -3.53. The van der Waals surface area contributed by atoms with Gasteiger partial charge in [0.05, 0.1) is 11.5 Å². The molecule has 0 spiro atoms. The fourth-order valence-electron chi connectivity index (χ4n) is 3.59. The molecule has 0 atom stereocenters. The number of fused-ring (bicyclic) bond motifs is 1. The molecule has 2 fully saturated rings. The molecule has 1 aromatic rings. The van der Waals surface area contributed by atoms with Gasteiger partial charge in [-0.3, -0.25) is 4.79 Å². The number of carbonyl (C=O) groups is 1. The van der Waals surface area contributed by atoms with Crippen LogP contribution in [0.15, 0.2) is 23.1 Å². The first-order valence-corrected chi connectivity index (χ1v) is 10.5. The van der Waals surface area contributed by atoms with Crippen molar-refractivity contribution in [1.29, 1.82) is 0 Å². The van der Waals surface area contributed by atoms with E-state index >= 15 is 0 Å². The number of aryl methyl sites for hydroxylation is 1. The predicted molar refractivity (Wildman–Crippen MR) is 92.9 cm³/mol. The summed E-state index contributed by atoms with van der Waals surface area (Å²) < 4.78 is 33.2. The number of nitrogens with zero attached hydrogens (tertiary/aromatic N) is 2. The quantitative estimate of drug-likeness (QED) is 0.818. The van der Waals surface area contributed by atoms with Gasteiger partial charge in [-0.05, 0) is 55.9 Å². The molecule has 6 nitrogen and oxygen atoms in total. The van der Waals surface area contributed by atoms with E-state index in [1.165, 1.54) is 4.31 Å². The molecule has 4 rings (SSSR count). The molecule has 1 aromatic carbocycles. The summed E-state index contributed by atoms with van der Waals surface area (Å²) in [6.45, 7) is 2.66. The summed E-state index contributed by atoms with van der Waals surface area (Å²) in [5.41, 5.74) is 0.965. The zero-order valence-corrected chi connectivity index (χ0v) is 15.1. The molecule has 3 aliphatic rings. The summed E-state index contributed by atoms with van der Waals surface area (Å²) in [6, 6.07) is 5.15. The summed E-state index contributed by atoms with van der Waals surface area (Å²) in [4.78, 5) is 14.4. The summed E-state index contributed by atoms with van der Waals surface area (Å²) in [6.07, 6.45) is 4.41. The molecule has 0 bridgehead atoms. The minimum Gasteiger partial charge on any atom is -0.493 e. The summed E-state index contributed by atoms with van der Waals surface area (Å²) >= 11 is 0. The van der Waals surface area contributed by atoms with E-state index in [1.54, 1.807) is 18.2 Å². The maximum Gasteiger partial charge on any atom is 0.243 e. The van der Waals surface area contributed by atoms with Crippen molar-refractivity contribution in [2.45, 2.75) is 37.0 Å². The fourth-order valence-corrected chi connectivity index (χ4v) is 5.11. The Morgan fingerprint density at radius 3 is 2.72 bits per heavy atom. The Labute approximate surface area is 148 Å². The van der Waals surface area contributed by atoms with Crippen molar-refractivity contribution in [3.63, 3.8) is 0 Å². The molecule has 0 unspecified atom stereocenters. The van der Waals surface area contributed by atoms with E-state index in [0.717, 1.165) is 37.0 Å². The van der Waals surface area contributed by atoms with Crippen molar-refractivity contribution in [1.82, 2.24) is 9.21 Å². The second-order valence-electron chi connectivity index (χ2n) is 7.08. The van der Waals surface area contributed by atoms with Crippen molar-refractivity contribution in [3.05, 3.63) is 23.8 Å². The van der Waals surface area contributed by atoms with Gasteiger partial charge in [0.1, 0.15) is 5.75 Å². The van der Waals surface area contributed by atoms with Crippen LogP contribution in [0.2, 0.25) is 0 Å². The standard InChI is InChI=1S/C18H24N2O4S/c21-18(14-4-5-14)19-8-2-9-20(11-10-19)25(22,23)16-6-7-17-15(13-16)3-1-12-24-17/h6-7,13-14H,1-5,8-12H2. The van der Waals surface area contributed by atoms with Crippen LogP contribution in [0.5, 0.6) is 5.75 Å². The van der Waals surface area contributed by atoms with Crippen LogP contribution in [-0.4, -0.2) is 56.3 Å². The normalized spacial score (nSPS) is 22.0. The van der Waals surface area contributed by atoms with Gasteiger partial charge in [0.15, 0.2) is 0 Å². The maximum atomic E-state index is 13.0. The second-order valence-corrected chi connectivity index (χ2v) is 9.02. The number of hydrogen-bond acceptors (Lipinski definition) is 4. The zero-order chi connectivity index (χ0) is 17.4. The van der Waals surface area contributed by atoms with Crippen LogP contribution in [-0.2, 0) is 21.2 Å². The Hall–Kier alpha value is -1.60. The molecule has 7 heteroatoms. The molecule has 0 N–H and O–H groups in total. The lowest BCUT2D eigenvalue weighted by atomic mass is 10.1. The van der Waals surface area contributed by atoms with Crippen LogP contribution in [0.1, 0.15) is 31.2 Å². The van der Waals surface area contributed by atoms with Crippen molar-refractivity contribution < 1.29 is 17.9 Å². The van der Waals surface area contributed by atoms with E-state index in [4.69, 9.17) is 4.74 Å². The number of rotatable bonds is 3. The first-order chi connectivity index (χ1) is 12.1. The highest BCUT2D eigenvalue weighted by Gasteiger charge is 2.35. The van der Waals surface area contributed by atoms with Gasteiger partial charge in [0.25, 0.3) is 0 Å². The highest BCUT2D eigenvalue weighted by molar-refractivity contribution is 7.89. The van der Waals surface area contributed by atoms with E-state index in [2.05, 4.69) is 0 Å². The first kappa shape index (κ1) is 16.8. The third-order valence-corrected chi connectivity index (χ3v) is 7.11. The molecule has 1 saturated carbocycles. The molecule has 136 valence electrons. The predicted octanol–water partition coefficient (Wildman–Crippen LogP) is 1.64. The highest BCUT2D eigenvalue weighted by Crippen LogP contribution is 2.32. The third kappa shape index (κ3) is 3.40. The minimum atomic E-state index is -3.53. The smallest absolute Gasteiger partial charge is 0.243 e. The van der Waals surface area contributed by atoms with E-state index in [-0.39, 0.29) is 11.8 Å². The summed E-state index contributed by atoms with van der Waals surface area (Å²) in [5.74, 6) is 1.18. The van der Waals surface area contributed by atoms with Crippen molar-refractivity contribution in [3.8, 4) is 5.75 Å². The zero-order valence-electron chi connectivity index (χ0n) is 14.3. The average Bonchev–Trinajstić information content (AvgIpc) is 3.47. The second kappa shape index (κ2) is 6.61. The largest absolute Gasteiger partial charge is 0.493 e. The van der Waals surface area contributed by atoms with Crippen LogP contribution >= 0.6 is 0 Å². The van der Waals surface area contributed by atoms with Gasteiger partial charge >= 0.3 is 0 Å².